The number of carbonyl (C=O) groups excluding carboxylic acids is 3. The molecule has 0 bridgehead atoms. The largest absolute Gasteiger partial charge is 0.494 e. The minimum absolute atomic E-state index is 0.191. The van der Waals surface area contributed by atoms with Crippen molar-refractivity contribution in [1.29, 1.82) is 0 Å². The molecule has 2 aliphatic rings. The summed E-state index contributed by atoms with van der Waals surface area (Å²) in [7, 11) is 3.06. The van der Waals surface area contributed by atoms with E-state index in [0.29, 0.717) is 29.2 Å². The van der Waals surface area contributed by atoms with Crippen LogP contribution < -0.4 is 9.64 Å². The number of hydrogen-bond acceptors (Lipinski definition) is 7. The van der Waals surface area contributed by atoms with Crippen molar-refractivity contribution < 1.29 is 19.1 Å². The summed E-state index contributed by atoms with van der Waals surface area (Å²) >= 11 is 5.75. The lowest BCUT2D eigenvalue weighted by atomic mass is 9.86. The summed E-state index contributed by atoms with van der Waals surface area (Å²) in [6.45, 7) is 6.41. The third kappa shape index (κ3) is 4.11. The normalized spacial score (nSPS) is 15.9. The lowest BCUT2D eigenvalue weighted by Gasteiger charge is -2.45. The molecule has 40 heavy (non-hydrogen) atoms. The first-order valence-corrected chi connectivity index (χ1v) is 15.6. The van der Waals surface area contributed by atoms with Crippen molar-refractivity contribution in [3.8, 4) is 16.9 Å². The topological polar surface area (TPSA) is 66.9 Å². The summed E-state index contributed by atoms with van der Waals surface area (Å²) in [5, 5.41) is 0. The van der Waals surface area contributed by atoms with E-state index in [2.05, 4.69) is 0 Å². The molecule has 0 N–H and O–H groups in total. The van der Waals surface area contributed by atoms with Gasteiger partial charge in [-0.3, -0.25) is 24.2 Å². The van der Waals surface area contributed by atoms with Gasteiger partial charge in [-0.05, 0) is 56.7 Å². The molecular weight excluding hydrogens is 561 g/mol. The second-order valence-electron chi connectivity index (χ2n) is 10.2. The first-order valence-electron chi connectivity index (χ1n) is 13.0. The second kappa shape index (κ2) is 10.1. The van der Waals surface area contributed by atoms with Gasteiger partial charge in [0.15, 0.2) is 0 Å². The molecule has 0 fully saturated rings. The zero-order chi connectivity index (χ0) is 28.2. The lowest BCUT2D eigenvalue weighted by Crippen LogP contribution is -2.57. The Morgan fingerprint density at radius 2 is 1.57 bits per heavy atom. The molecule has 9 heteroatoms. The fourth-order valence-corrected chi connectivity index (χ4v) is 8.91. The van der Waals surface area contributed by atoms with Crippen LogP contribution in [0.15, 0.2) is 72.8 Å². The van der Waals surface area contributed by atoms with Gasteiger partial charge >= 0.3 is 0 Å². The Hall–Kier alpha value is -3.66. The highest BCUT2D eigenvalue weighted by molar-refractivity contribution is 7.80. The first-order chi connectivity index (χ1) is 19.2. The Kier molecular flexibility index (Phi) is 6.68. The SMILES string of the molecule is CCOc1ccc2c(c1)-c1c(ssc1=S)C(C)(C)N2C(=O)C(Cc1ccccc1)N1C(=O)c2ccccc2C1=O. The minimum Gasteiger partial charge on any atom is -0.494 e. The molecule has 0 radical (unpaired) electrons. The van der Waals surface area contributed by atoms with E-state index in [-0.39, 0.29) is 12.3 Å². The number of ether oxygens (including phenoxy) is 1. The number of nitrogens with zero attached hydrogens (tertiary/aromatic N) is 2. The predicted octanol–water partition coefficient (Wildman–Crippen LogP) is 7.09. The molecule has 3 heterocycles. The summed E-state index contributed by atoms with van der Waals surface area (Å²) in [5.74, 6) is -0.554. The monoisotopic (exact) mass is 586 g/mol. The van der Waals surface area contributed by atoms with Crippen molar-refractivity contribution in [2.24, 2.45) is 0 Å². The number of anilines is 1. The van der Waals surface area contributed by atoms with E-state index in [1.165, 1.54) is 10.3 Å². The molecule has 4 aromatic rings. The van der Waals surface area contributed by atoms with Gasteiger partial charge in [0.25, 0.3) is 17.7 Å². The lowest BCUT2D eigenvalue weighted by molar-refractivity contribution is -0.123. The van der Waals surface area contributed by atoms with Crippen molar-refractivity contribution in [3.63, 3.8) is 0 Å². The molecule has 2 aliphatic heterocycles. The van der Waals surface area contributed by atoms with E-state index >= 15 is 0 Å². The van der Waals surface area contributed by atoms with Crippen LogP contribution in [0.1, 0.15) is 51.9 Å². The summed E-state index contributed by atoms with van der Waals surface area (Å²) < 4.78 is 6.56. The van der Waals surface area contributed by atoms with Crippen molar-refractivity contribution in [2.75, 3.05) is 11.5 Å². The average molecular weight is 587 g/mol. The van der Waals surface area contributed by atoms with Gasteiger partial charge in [0.05, 0.1) is 33.8 Å². The Labute approximate surface area is 244 Å². The van der Waals surface area contributed by atoms with Gasteiger partial charge in [-0.25, -0.2) is 0 Å². The third-order valence-electron chi connectivity index (χ3n) is 7.45. The van der Waals surface area contributed by atoms with Crippen LogP contribution in [0.2, 0.25) is 0 Å². The van der Waals surface area contributed by atoms with Gasteiger partial charge < -0.3 is 4.74 Å². The maximum Gasteiger partial charge on any atom is 0.262 e. The molecule has 0 saturated carbocycles. The third-order valence-corrected chi connectivity index (χ3v) is 10.8. The molecular formula is C31H26N2O4S3. The average Bonchev–Trinajstić information content (AvgIpc) is 3.46. The number of rotatable bonds is 6. The smallest absolute Gasteiger partial charge is 0.262 e. The molecule has 3 aromatic carbocycles. The Balaban J connectivity index is 1.51. The second-order valence-corrected chi connectivity index (χ2v) is 13.1. The van der Waals surface area contributed by atoms with Crippen LogP contribution in [-0.2, 0) is 16.8 Å². The van der Waals surface area contributed by atoms with Gasteiger partial charge in [0.1, 0.15) is 15.6 Å². The maximum atomic E-state index is 14.9. The van der Waals surface area contributed by atoms with Crippen LogP contribution >= 0.6 is 32.9 Å². The van der Waals surface area contributed by atoms with Gasteiger partial charge in [-0.15, -0.1) is 0 Å². The molecule has 1 aromatic heterocycles. The van der Waals surface area contributed by atoms with E-state index in [4.69, 9.17) is 17.0 Å². The number of benzene rings is 3. The highest BCUT2D eigenvalue weighted by Gasteiger charge is 2.49. The van der Waals surface area contributed by atoms with Crippen molar-refractivity contribution in [2.45, 2.75) is 38.8 Å². The summed E-state index contributed by atoms with van der Waals surface area (Å²) in [5.41, 5.74) is 3.14. The van der Waals surface area contributed by atoms with E-state index in [0.717, 1.165) is 30.3 Å². The van der Waals surface area contributed by atoms with Crippen molar-refractivity contribution >= 4 is 56.3 Å². The number of carbonyl (C=O) groups is 3. The molecule has 0 saturated heterocycles. The standard InChI is InChI=1S/C31H26N2O4S3/c1-4-37-19-14-15-23-22(17-19)25-26(39-40-30(25)38)31(2,3)33(23)29(36)24(16-18-10-6-5-7-11-18)32-27(34)20-12-8-9-13-21(20)28(32)35/h5-15,17,24H,4,16H2,1-3H3. The molecule has 6 nitrogen and oxygen atoms in total. The molecule has 0 aliphatic carbocycles. The van der Waals surface area contributed by atoms with Gasteiger partial charge in [0.2, 0.25) is 0 Å². The summed E-state index contributed by atoms with van der Waals surface area (Å²) in [4.78, 5) is 46.1. The quantitative estimate of drug-likeness (QED) is 0.137. The Morgan fingerprint density at radius 3 is 2.23 bits per heavy atom. The zero-order valence-electron chi connectivity index (χ0n) is 22.2. The van der Waals surface area contributed by atoms with Crippen LogP contribution in [0, 0.1) is 3.82 Å². The molecule has 3 amide bonds. The summed E-state index contributed by atoms with van der Waals surface area (Å²) in [6, 6.07) is 20.8. The highest BCUT2D eigenvalue weighted by atomic mass is 32.9. The Morgan fingerprint density at radius 1 is 0.925 bits per heavy atom. The molecule has 1 unspecified atom stereocenters. The van der Waals surface area contributed by atoms with Crippen LogP contribution in [0.4, 0.5) is 5.69 Å². The molecule has 202 valence electrons. The van der Waals surface area contributed by atoms with Crippen LogP contribution in [0.5, 0.6) is 5.75 Å². The van der Waals surface area contributed by atoms with E-state index in [9.17, 15) is 14.4 Å². The van der Waals surface area contributed by atoms with Crippen LogP contribution in [-0.4, -0.2) is 35.3 Å². The van der Waals surface area contributed by atoms with Gasteiger partial charge in [-0.2, -0.15) is 0 Å². The van der Waals surface area contributed by atoms with Crippen molar-refractivity contribution in [3.05, 3.63) is 98.2 Å². The highest BCUT2D eigenvalue weighted by Crippen LogP contribution is 2.53. The molecule has 6 rings (SSSR count). The summed E-state index contributed by atoms with van der Waals surface area (Å²) in [6.07, 6.45) is 0.191. The van der Waals surface area contributed by atoms with Crippen LogP contribution in [0.25, 0.3) is 11.1 Å². The number of imide groups is 1. The number of fused-ring (bicyclic) bond motifs is 4. The first kappa shape index (κ1) is 26.6. The molecule has 1 atom stereocenters. The Bertz CT molecular complexity index is 1690. The fraction of sp³-hybridized carbons (Fsp3) is 0.226. The number of hydrogen-bond donors (Lipinski definition) is 0. The number of amides is 3. The van der Waals surface area contributed by atoms with E-state index in [1.54, 1.807) is 39.5 Å². The zero-order valence-corrected chi connectivity index (χ0v) is 24.6. The van der Waals surface area contributed by atoms with E-state index in [1.807, 2.05) is 69.3 Å². The van der Waals surface area contributed by atoms with Gasteiger partial charge in [0, 0.05) is 17.5 Å². The van der Waals surface area contributed by atoms with Gasteiger partial charge in [-0.1, -0.05) is 75.4 Å². The molecule has 0 spiro atoms. The minimum atomic E-state index is -1.05. The maximum absolute atomic E-state index is 14.9. The van der Waals surface area contributed by atoms with Crippen molar-refractivity contribution in [1.82, 2.24) is 4.90 Å². The fourth-order valence-electron chi connectivity index (χ4n) is 5.63. The van der Waals surface area contributed by atoms with Crippen LogP contribution in [0.3, 0.4) is 0 Å². The predicted molar refractivity (Wildman–Crippen MR) is 161 cm³/mol. The van der Waals surface area contributed by atoms with E-state index < -0.39 is 23.4 Å².